The number of hydrogen-bond acceptors (Lipinski definition) is 3. The van der Waals surface area contributed by atoms with Crippen LogP contribution in [0.5, 0.6) is 0 Å². The molecule has 0 bridgehead atoms. The molecule has 15 heavy (non-hydrogen) atoms. The Kier molecular flexibility index (Phi) is 5.05. The molecule has 0 aromatic carbocycles. The normalized spacial score (nSPS) is 21.3. The summed E-state index contributed by atoms with van der Waals surface area (Å²) in [5.41, 5.74) is 0. The molecule has 0 radical (unpaired) electrons. The Morgan fingerprint density at radius 3 is 2.53 bits per heavy atom. The lowest BCUT2D eigenvalue weighted by atomic mass is 10.2. The second-order valence-corrected chi connectivity index (χ2v) is 4.47. The summed E-state index contributed by atoms with van der Waals surface area (Å²) in [4.78, 5) is 11.7. The molecule has 0 spiro atoms. The summed E-state index contributed by atoms with van der Waals surface area (Å²) in [5.74, 6) is 0.0440. The molecule has 0 aliphatic heterocycles. The number of rotatable bonds is 5. The quantitative estimate of drug-likeness (QED) is 0.621. The van der Waals surface area contributed by atoms with Crippen molar-refractivity contribution in [1.29, 1.82) is 0 Å². The van der Waals surface area contributed by atoms with E-state index in [0.29, 0.717) is 12.6 Å². The Labute approximate surface area is 91.4 Å². The maximum Gasteiger partial charge on any atom is 0.237 e. The summed E-state index contributed by atoms with van der Waals surface area (Å²) in [6.45, 7) is 3.99. The fraction of sp³-hybridized carbons (Fsp3) is 0.909. The van der Waals surface area contributed by atoms with Gasteiger partial charge in [0.15, 0.2) is 0 Å². The van der Waals surface area contributed by atoms with Crippen LogP contribution in [0, 0.1) is 0 Å². The fourth-order valence-corrected chi connectivity index (χ4v) is 1.84. The highest BCUT2D eigenvalue weighted by Gasteiger charge is 2.20. The smallest absolute Gasteiger partial charge is 0.237 e. The largest absolute Gasteiger partial charge is 0.392 e. The number of carbonyl (C=O) groups is 1. The van der Waals surface area contributed by atoms with Crippen molar-refractivity contribution in [3.63, 3.8) is 0 Å². The molecule has 1 aliphatic carbocycles. The molecule has 2 atom stereocenters. The van der Waals surface area contributed by atoms with Crippen molar-refractivity contribution >= 4 is 5.91 Å². The van der Waals surface area contributed by atoms with Crippen molar-refractivity contribution in [1.82, 2.24) is 10.6 Å². The van der Waals surface area contributed by atoms with Crippen molar-refractivity contribution in [2.75, 3.05) is 6.54 Å². The van der Waals surface area contributed by atoms with Crippen molar-refractivity contribution in [3.8, 4) is 0 Å². The molecule has 1 amide bonds. The van der Waals surface area contributed by atoms with Gasteiger partial charge in [-0.1, -0.05) is 12.8 Å². The highest BCUT2D eigenvalue weighted by molar-refractivity contribution is 5.81. The second-order valence-electron chi connectivity index (χ2n) is 4.47. The highest BCUT2D eigenvalue weighted by Crippen LogP contribution is 2.17. The molecule has 4 heteroatoms. The minimum atomic E-state index is -0.410. The third-order valence-electron chi connectivity index (χ3n) is 2.81. The molecule has 0 aromatic rings. The molecule has 1 fully saturated rings. The molecule has 1 aliphatic rings. The summed E-state index contributed by atoms with van der Waals surface area (Å²) in [5, 5.41) is 15.1. The first kappa shape index (κ1) is 12.5. The minimum absolute atomic E-state index is 0.0440. The van der Waals surface area contributed by atoms with E-state index in [1.54, 1.807) is 6.92 Å². The van der Waals surface area contributed by atoms with E-state index in [1.807, 2.05) is 6.92 Å². The molecular weight excluding hydrogens is 192 g/mol. The molecule has 4 nitrogen and oxygen atoms in total. The van der Waals surface area contributed by atoms with E-state index in [9.17, 15) is 4.79 Å². The highest BCUT2D eigenvalue weighted by atomic mass is 16.3. The van der Waals surface area contributed by atoms with Gasteiger partial charge in [0.05, 0.1) is 12.1 Å². The van der Waals surface area contributed by atoms with Gasteiger partial charge < -0.3 is 15.7 Å². The summed E-state index contributed by atoms with van der Waals surface area (Å²) >= 11 is 0. The Hall–Kier alpha value is -0.610. The number of hydrogen-bond donors (Lipinski definition) is 3. The van der Waals surface area contributed by atoms with Gasteiger partial charge in [-0.2, -0.15) is 0 Å². The maximum absolute atomic E-state index is 11.7. The lowest BCUT2D eigenvalue weighted by molar-refractivity contribution is -0.123. The molecule has 1 rings (SSSR count). The number of nitrogens with one attached hydrogen (secondary N) is 2. The molecular formula is C11H22N2O2. The lowest BCUT2D eigenvalue weighted by Crippen LogP contribution is -2.47. The third kappa shape index (κ3) is 4.62. The molecule has 2 unspecified atom stereocenters. The van der Waals surface area contributed by atoms with Crippen molar-refractivity contribution in [2.45, 2.75) is 57.7 Å². The van der Waals surface area contributed by atoms with Crippen LogP contribution in [0.1, 0.15) is 39.5 Å². The number of aliphatic hydroxyl groups is 1. The third-order valence-corrected chi connectivity index (χ3v) is 2.81. The van der Waals surface area contributed by atoms with E-state index >= 15 is 0 Å². The van der Waals surface area contributed by atoms with Crippen LogP contribution in [0.15, 0.2) is 0 Å². The van der Waals surface area contributed by atoms with Crippen LogP contribution in [-0.2, 0) is 4.79 Å². The zero-order chi connectivity index (χ0) is 11.3. The van der Waals surface area contributed by atoms with Crippen LogP contribution in [0.25, 0.3) is 0 Å². The maximum atomic E-state index is 11.7. The summed E-state index contributed by atoms with van der Waals surface area (Å²) < 4.78 is 0. The summed E-state index contributed by atoms with van der Waals surface area (Å²) in [6.07, 6.45) is 4.25. The Morgan fingerprint density at radius 1 is 1.40 bits per heavy atom. The lowest BCUT2D eigenvalue weighted by Gasteiger charge is -2.18. The molecule has 0 aromatic heterocycles. The first-order valence-corrected chi connectivity index (χ1v) is 5.81. The Balaban J connectivity index is 2.20. The van der Waals surface area contributed by atoms with Crippen LogP contribution in [-0.4, -0.2) is 35.7 Å². The SMILES string of the molecule is CC(O)CNC(C)C(=O)NC1CCCC1. The zero-order valence-corrected chi connectivity index (χ0v) is 9.62. The number of carbonyl (C=O) groups excluding carboxylic acids is 1. The van der Waals surface area contributed by atoms with Crippen LogP contribution >= 0.6 is 0 Å². The van der Waals surface area contributed by atoms with Crippen molar-refractivity contribution in [2.24, 2.45) is 0 Å². The Bertz CT molecular complexity index is 201. The molecule has 3 N–H and O–H groups in total. The van der Waals surface area contributed by atoms with E-state index in [-0.39, 0.29) is 11.9 Å². The first-order chi connectivity index (χ1) is 7.09. The van der Waals surface area contributed by atoms with Gasteiger partial charge in [-0.25, -0.2) is 0 Å². The predicted molar refractivity (Wildman–Crippen MR) is 59.5 cm³/mol. The minimum Gasteiger partial charge on any atom is -0.392 e. The van der Waals surface area contributed by atoms with Crippen molar-refractivity contribution in [3.05, 3.63) is 0 Å². The topological polar surface area (TPSA) is 61.4 Å². The monoisotopic (exact) mass is 214 g/mol. The first-order valence-electron chi connectivity index (χ1n) is 5.81. The van der Waals surface area contributed by atoms with Gasteiger partial charge in [0.25, 0.3) is 0 Å². The van der Waals surface area contributed by atoms with Gasteiger partial charge in [-0.3, -0.25) is 4.79 Å². The van der Waals surface area contributed by atoms with Crippen LogP contribution in [0.2, 0.25) is 0 Å². The van der Waals surface area contributed by atoms with E-state index in [4.69, 9.17) is 5.11 Å². The summed E-state index contributed by atoms with van der Waals surface area (Å²) in [7, 11) is 0. The van der Waals surface area contributed by atoms with E-state index in [0.717, 1.165) is 12.8 Å². The van der Waals surface area contributed by atoms with Crippen LogP contribution < -0.4 is 10.6 Å². The van der Waals surface area contributed by atoms with Gasteiger partial charge in [-0.05, 0) is 26.7 Å². The molecule has 0 heterocycles. The standard InChI is InChI=1S/C11H22N2O2/c1-8(14)7-12-9(2)11(15)13-10-5-3-4-6-10/h8-10,12,14H,3-7H2,1-2H3,(H,13,15). The number of aliphatic hydroxyl groups excluding tert-OH is 1. The van der Waals surface area contributed by atoms with Gasteiger partial charge in [0.2, 0.25) is 5.91 Å². The van der Waals surface area contributed by atoms with Gasteiger partial charge in [-0.15, -0.1) is 0 Å². The summed E-state index contributed by atoms with van der Waals surface area (Å²) in [6, 6.07) is 0.147. The van der Waals surface area contributed by atoms with Gasteiger partial charge >= 0.3 is 0 Å². The average Bonchev–Trinajstić information content (AvgIpc) is 2.66. The van der Waals surface area contributed by atoms with Crippen LogP contribution in [0.4, 0.5) is 0 Å². The van der Waals surface area contributed by atoms with Crippen LogP contribution in [0.3, 0.4) is 0 Å². The molecule has 88 valence electrons. The molecule has 1 saturated carbocycles. The van der Waals surface area contributed by atoms with Gasteiger partial charge in [0.1, 0.15) is 0 Å². The molecule has 0 saturated heterocycles. The second kappa shape index (κ2) is 6.08. The van der Waals surface area contributed by atoms with Crippen molar-refractivity contribution < 1.29 is 9.90 Å². The van der Waals surface area contributed by atoms with Gasteiger partial charge in [0, 0.05) is 12.6 Å². The Morgan fingerprint density at radius 2 is 2.00 bits per heavy atom. The van der Waals surface area contributed by atoms with E-state index in [2.05, 4.69) is 10.6 Å². The predicted octanol–water partition coefficient (Wildman–Crippen LogP) is 0.404. The number of amides is 1. The fourth-order valence-electron chi connectivity index (χ4n) is 1.84. The van der Waals surface area contributed by atoms with E-state index in [1.165, 1.54) is 12.8 Å². The zero-order valence-electron chi connectivity index (χ0n) is 9.62. The average molecular weight is 214 g/mol. The van der Waals surface area contributed by atoms with E-state index < -0.39 is 6.10 Å².